The quantitative estimate of drug-likeness (QED) is 0.914. The summed E-state index contributed by atoms with van der Waals surface area (Å²) in [5, 5.41) is 12.9. The highest BCUT2D eigenvalue weighted by atomic mass is 16.5. The molecule has 1 aliphatic heterocycles. The van der Waals surface area contributed by atoms with Crippen LogP contribution in [0, 0.1) is 5.92 Å². The Morgan fingerprint density at radius 1 is 1.05 bits per heavy atom. The third-order valence-corrected chi connectivity index (χ3v) is 4.12. The molecule has 0 bridgehead atoms. The maximum absolute atomic E-state index is 10.4. The number of aliphatic hydroxyl groups is 1. The van der Waals surface area contributed by atoms with E-state index in [0.717, 1.165) is 32.5 Å². The molecular weight excluding hydrogens is 236 g/mol. The summed E-state index contributed by atoms with van der Waals surface area (Å²) in [6, 6.07) is 14.7. The molecule has 0 saturated carbocycles. The van der Waals surface area contributed by atoms with Crippen LogP contribution in [0.3, 0.4) is 0 Å². The van der Waals surface area contributed by atoms with Crippen molar-refractivity contribution in [2.24, 2.45) is 5.92 Å². The molecular formula is C17H20O2. The molecule has 1 saturated heterocycles. The van der Waals surface area contributed by atoms with Crippen LogP contribution in [0.15, 0.2) is 42.5 Å². The summed E-state index contributed by atoms with van der Waals surface area (Å²) in [5.74, 6) is 0.382. The first-order valence-corrected chi connectivity index (χ1v) is 7.07. The fourth-order valence-corrected chi connectivity index (χ4v) is 2.96. The second kappa shape index (κ2) is 5.72. The van der Waals surface area contributed by atoms with E-state index in [2.05, 4.69) is 42.5 Å². The van der Waals surface area contributed by atoms with Gasteiger partial charge in [0.2, 0.25) is 0 Å². The van der Waals surface area contributed by atoms with Gasteiger partial charge < -0.3 is 9.84 Å². The Bertz CT molecular complexity index is 538. The summed E-state index contributed by atoms with van der Waals surface area (Å²) in [6.07, 6.45) is 2.44. The molecule has 2 heteroatoms. The molecule has 0 aliphatic carbocycles. The Morgan fingerprint density at radius 2 is 1.79 bits per heavy atom. The molecule has 2 aromatic carbocycles. The highest BCUT2D eigenvalue weighted by Crippen LogP contribution is 2.25. The van der Waals surface area contributed by atoms with Crippen molar-refractivity contribution in [2.45, 2.75) is 25.4 Å². The van der Waals surface area contributed by atoms with Gasteiger partial charge in [-0.3, -0.25) is 0 Å². The van der Waals surface area contributed by atoms with Crippen LogP contribution in [0.1, 0.15) is 18.4 Å². The lowest BCUT2D eigenvalue weighted by Gasteiger charge is -2.27. The molecule has 0 radical (unpaired) electrons. The molecule has 1 fully saturated rings. The van der Waals surface area contributed by atoms with Crippen LogP contribution in [-0.2, 0) is 11.2 Å². The van der Waals surface area contributed by atoms with E-state index in [0.29, 0.717) is 5.92 Å². The van der Waals surface area contributed by atoms with E-state index in [-0.39, 0.29) is 6.10 Å². The minimum atomic E-state index is -0.255. The number of ether oxygens (including phenoxy) is 1. The molecule has 1 unspecified atom stereocenters. The third kappa shape index (κ3) is 2.80. The predicted octanol–water partition coefficient (Wildman–Crippen LogP) is 3.17. The van der Waals surface area contributed by atoms with Gasteiger partial charge in [0.25, 0.3) is 0 Å². The Balaban J connectivity index is 1.80. The molecule has 19 heavy (non-hydrogen) atoms. The Labute approximate surface area is 114 Å². The predicted molar refractivity (Wildman–Crippen MR) is 77.2 cm³/mol. The lowest BCUT2D eigenvalue weighted by Crippen LogP contribution is -2.28. The molecule has 1 atom stereocenters. The molecule has 0 aromatic heterocycles. The molecule has 3 rings (SSSR count). The SMILES string of the molecule is OC(Cc1cccc2ccccc12)C1CCOCC1. The van der Waals surface area contributed by atoms with Crippen molar-refractivity contribution < 1.29 is 9.84 Å². The van der Waals surface area contributed by atoms with Gasteiger partial charge in [-0.1, -0.05) is 42.5 Å². The number of aliphatic hydroxyl groups excluding tert-OH is 1. The second-order valence-corrected chi connectivity index (χ2v) is 5.36. The summed E-state index contributed by atoms with van der Waals surface area (Å²) in [5.41, 5.74) is 1.25. The highest BCUT2D eigenvalue weighted by Gasteiger charge is 2.22. The highest BCUT2D eigenvalue weighted by molar-refractivity contribution is 5.85. The van der Waals surface area contributed by atoms with Crippen molar-refractivity contribution in [1.29, 1.82) is 0 Å². The number of benzene rings is 2. The average Bonchev–Trinajstić information content (AvgIpc) is 2.48. The maximum atomic E-state index is 10.4. The molecule has 0 spiro atoms. The number of rotatable bonds is 3. The van der Waals surface area contributed by atoms with Gasteiger partial charge in [0.1, 0.15) is 0 Å². The van der Waals surface area contributed by atoms with E-state index in [9.17, 15) is 5.11 Å². The summed E-state index contributed by atoms with van der Waals surface area (Å²) in [6.45, 7) is 1.58. The summed E-state index contributed by atoms with van der Waals surface area (Å²) >= 11 is 0. The topological polar surface area (TPSA) is 29.5 Å². The van der Waals surface area contributed by atoms with Gasteiger partial charge in [-0.2, -0.15) is 0 Å². The first kappa shape index (κ1) is 12.6. The zero-order valence-corrected chi connectivity index (χ0v) is 11.1. The third-order valence-electron chi connectivity index (χ3n) is 4.12. The van der Waals surface area contributed by atoms with Crippen LogP contribution in [0.4, 0.5) is 0 Å². The van der Waals surface area contributed by atoms with E-state index in [4.69, 9.17) is 4.74 Å². The van der Waals surface area contributed by atoms with Crippen LogP contribution in [0.5, 0.6) is 0 Å². The van der Waals surface area contributed by atoms with Crippen LogP contribution >= 0.6 is 0 Å². The maximum Gasteiger partial charge on any atom is 0.0610 e. The minimum Gasteiger partial charge on any atom is -0.392 e. The molecule has 100 valence electrons. The normalized spacial score (nSPS) is 18.6. The van der Waals surface area contributed by atoms with Crippen LogP contribution < -0.4 is 0 Å². The van der Waals surface area contributed by atoms with Crippen molar-refractivity contribution in [2.75, 3.05) is 13.2 Å². The summed E-state index contributed by atoms with van der Waals surface area (Å²) in [7, 11) is 0. The largest absolute Gasteiger partial charge is 0.392 e. The van der Waals surface area contributed by atoms with Crippen LogP contribution in [0.25, 0.3) is 10.8 Å². The van der Waals surface area contributed by atoms with Gasteiger partial charge in [-0.25, -0.2) is 0 Å². The number of hydrogen-bond acceptors (Lipinski definition) is 2. The molecule has 0 amide bonds. The molecule has 2 aromatic rings. The van der Waals surface area contributed by atoms with Crippen molar-refractivity contribution in [3.63, 3.8) is 0 Å². The summed E-state index contributed by atoms with van der Waals surface area (Å²) < 4.78 is 5.36. The Morgan fingerprint density at radius 3 is 2.63 bits per heavy atom. The van der Waals surface area contributed by atoms with Crippen LogP contribution in [-0.4, -0.2) is 24.4 Å². The minimum absolute atomic E-state index is 0.255. The monoisotopic (exact) mass is 256 g/mol. The van der Waals surface area contributed by atoms with Gasteiger partial charge in [0, 0.05) is 13.2 Å². The molecule has 1 heterocycles. The Kier molecular flexibility index (Phi) is 3.81. The number of fused-ring (bicyclic) bond motifs is 1. The average molecular weight is 256 g/mol. The second-order valence-electron chi connectivity index (χ2n) is 5.36. The molecule has 2 nitrogen and oxygen atoms in total. The molecule has 1 aliphatic rings. The fraction of sp³-hybridized carbons (Fsp3) is 0.412. The number of hydrogen-bond donors (Lipinski definition) is 1. The van der Waals surface area contributed by atoms with E-state index in [1.54, 1.807) is 0 Å². The van der Waals surface area contributed by atoms with E-state index in [1.165, 1.54) is 16.3 Å². The van der Waals surface area contributed by atoms with Gasteiger partial charge in [-0.15, -0.1) is 0 Å². The van der Waals surface area contributed by atoms with Crippen molar-refractivity contribution in [3.05, 3.63) is 48.0 Å². The van der Waals surface area contributed by atoms with Gasteiger partial charge in [0.15, 0.2) is 0 Å². The fourth-order valence-electron chi connectivity index (χ4n) is 2.96. The van der Waals surface area contributed by atoms with E-state index in [1.807, 2.05) is 0 Å². The zero-order chi connectivity index (χ0) is 13.1. The van der Waals surface area contributed by atoms with Crippen LogP contribution in [0.2, 0.25) is 0 Å². The smallest absolute Gasteiger partial charge is 0.0610 e. The van der Waals surface area contributed by atoms with Gasteiger partial charge in [-0.05, 0) is 41.5 Å². The first-order valence-electron chi connectivity index (χ1n) is 7.07. The standard InChI is InChI=1S/C17H20O2/c18-17(14-8-10-19-11-9-14)12-15-6-3-5-13-4-1-2-7-16(13)15/h1-7,14,17-18H,8-12H2. The van der Waals surface area contributed by atoms with Crippen molar-refractivity contribution in [3.8, 4) is 0 Å². The van der Waals surface area contributed by atoms with E-state index < -0.39 is 0 Å². The summed E-state index contributed by atoms with van der Waals surface area (Å²) in [4.78, 5) is 0. The van der Waals surface area contributed by atoms with Crippen molar-refractivity contribution >= 4 is 10.8 Å². The van der Waals surface area contributed by atoms with Crippen molar-refractivity contribution in [1.82, 2.24) is 0 Å². The first-order chi connectivity index (χ1) is 9.34. The lowest BCUT2D eigenvalue weighted by molar-refractivity contribution is 0.00851. The van der Waals surface area contributed by atoms with Gasteiger partial charge in [0.05, 0.1) is 6.10 Å². The van der Waals surface area contributed by atoms with Gasteiger partial charge >= 0.3 is 0 Å². The lowest BCUT2D eigenvalue weighted by atomic mass is 9.88. The zero-order valence-electron chi connectivity index (χ0n) is 11.1. The molecule has 1 N–H and O–H groups in total. The Hall–Kier alpha value is -1.38. The van der Waals surface area contributed by atoms with E-state index >= 15 is 0 Å².